The molecule has 0 N–H and O–H groups in total. The van der Waals surface area contributed by atoms with E-state index >= 15 is 0 Å². The van der Waals surface area contributed by atoms with Crippen molar-refractivity contribution in [1.29, 1.82) is 0 Å². The summed E-state index contributed by atoms with van der Waals surface area (Å²) >= 11 is 0. The van der Waals surface area contributed by atoms with E-state index in [1.807, 2.05) is 12.1 Å². The summed E-state index contributed by atoms with van der Waals surface area (Å²) in [5, 5.41) is 1.19. The highest BCUT2D eigenvalue weighted by Gasteiger charge is 2.23. The molecule has 0 unspecified atom stereocenters. The zero-order chi connectivity index (χ0) is 13.7. The van der Waals surface area contributed by atoms with Crippen molar-refractivity contribution < 1.29 is 4.74 Å². The molecule has 0 fully saturated rings. The van der Waals surface area contributed by atoms with Crippen molar-refractivity contribution in [3.8, 4) is 16.9 Å². The summed E-state index contributed by atoms with van der Waals surface area (Å²) in [6.07, 6.45) is 0.984. The number of rotatable bonds is 1. The minimum Gasteiger partial charge on any atom is -0.497 e. The highest BCUT2D eigenvalue weighted by Crippen LogP contribution is 2.42. The van der Waals surface area contributed by atoms with Crippen LogP contribution in [0.5, 0.6) is 5.75 Å². The number of ether oxygens (including phenoxy) is 1. The maximum Gasteiger partial charge on any atom is 0.119 e. The van der Waals surface area contributed by atoms with Crippen LogP contribution in [-0.4, -0.2) is 12.1 Å². The van der Waals surface area contributed by atoms with Crippen molar-refractivity contribution in [3.63, 3.8) is 0 Å². The van der Waals surface area contributed by atoms with Crippen LogP contribution < -0.4 is 4.74 Å². The maximum atomic E-state index is 5.37. The Morgan fingerprint density at radius 1 is 1.10 bits per heavy atom. The molecule has 0 spiro atoms. The minimum atomic E-state index is 0.884. The van der Waals surface area contributed by atoms with Gasteiger partial charge in [-0.25, -0.2) is 0 Å². The molecule has 0 saturated carbocycles. The van der Waals surface area contributed by atoms with Crippen LogP contribution in [0, 0.1) is 6.92 Å². The van der Waals surface area contributed by atoms with Crippen molar-refractivity contribution in [2.45, 2.75) is 13.3 Å². The van der Waals surface area contributed by atoms with E-state index in [1.165, 1.54) is 27.6 Å². The summed E-state index contributed by atoms with van der Waals surface area (Å²) in [5.41, 5.74) is 7.59. The second-order valence-electron chi connectivity index (χ2n) is 5.27. The van der Waals surface area contributed by atoms with Gasteiger partial charge in [-0.3, -0.25) is 4.98 Å². The smallest absolute Gasteiger partial charge is 0.119 e. The van der Waals surface area contributed by atoms with Gasteiger partial charge in [0.2, 0.25) is 0 Å². The third-order valence-corrected chi connectivity index (χ3v) is 4.15. The molecule has 1 aromatic heterocycles. The molecule has 0 saturated heterocycles. The van der Waals surface area contributed by atoms with E-state index in [0.717, 1.165) is 23.4 Å². The Morgan fingerprint density at radius 3 is 2.80 bits per heavy atom. The Kier molecular flexibility index (Phi) is 2.34. The first-order valence-electron chi connectivity index (χ1n) is 6.83. The van der Waals surface area contributed by atoms with Crippen LogP contribution in [0.2, 0.25) is 0 Å². The molecule has 0 amide bonds. The highest BCUT2D eigenvalue weighted by molar-refractivity contribution is 6.00. The molecule has 98 valence electrons. The Balaban J connectivity index is 2.14. The van der Waals surface area contributed by atoms with Gasteiger partial charge in [0.05, 0.1) is 12.6 Å². The molecular formula is C18H15NO. The molecule has 1 aliphatic rings. The molecule has 4 rings (SSSR count). The standard InChI is InChI=1S/C18H15NO/c1-11-15-9-12-5-3-4-6-14(12)18(15)16-10-13(20-2)7-8-17(16)19-11/h3-8,10H,9H2,1-2H3. The topological polar surface area (TPSA) is 22.1 Å². The third-order valence-electron chi connectivity index (χ3n) is 4.15. The summed E-state index contributed by atoms with van der Waals surface area (Å²) in [7, 11) is 1.71. The van der Waals surface area contributed by atoms with Crippen molar-refractivity contribution in [2.75, 3.05) is 7.11 Å². The van der Waals surface area contributed by atoms with Gasteiger partial charge in [-0.1, -0.05) is 24.3 Å². The van der Waals surface area contributed by atoms with Crippen LogP contribution in [0.15, 0.2) is 42.5 Å². The van der Waals surface area contributed by atoms with E-state index in [1.54, 1.807) is 7.11 Å². The molecule has 2 aromatic carbocycles. The van der Waals surface area contributed by atoms with Gasteiger partial charge in [-0.05, 0) is 47.4 Å². The average molecular weight is 261 g/mol. The Hall–Kier alpha value is -2.35. The lowest BCUT2D eigenvalue weighted by Gasteiger charge is -2.10. The van der Waals surface area contributed by atoms with E-state index in [4.69, 9.17) is 9.72 Å². The molecule has 3 aromatic rings. The zero-order valence-electron chi connectivity index (χ0n) is 11.6. The molecule has 0 bridgehead atoms. The number of aryl methyl sites for hydroxylation is 1. The van der Waals surface area contributed by atoms with Crippen LogP contribution in [0.1, 0.15) is 16.8 Å². The molecule has 1 aliphatic carbocycles. The lowest BCUT2D eigenvalue weighted by Crippen LogP contribution is -1.94. The van der Waals surface area contributed by atoms with Gasteiger partial charge in [-0.2, -0.15) is 0 Å². The lowest BCUT2D eigenvalue weighted by molar-refractivity contribution is 0.415. The number of pyridine rings is 1. The predicted molar refractivity (Wildman–Crippen MR) is 81.3 cm³/mol. The molecule has 20 heavy (non-hydrogen) atoms. The summed E-state index contributed by atoms with van der Waals surface area (Å²) in [4.78, 5) is 4.75. The van der Waals surface area contributed by atoms with Crippen LogP contribution in [0.4, 0.5) is 0 Å². The van der Waals surface area contributed by atoms with Crippen molar-refractivity contribution in [1.82, 2.24) is 4.98 Å². The van der Waals surface area contributed by atoms with Gasteiger partial charge in [0, 0.05) is 17.5 Å². The number of hydrogen-bond acceptors (Lipinski definition) is 2. The van der Waals surface area contributed by atoms with Gasteiger partial charge < -0.3 is 4.74 Å². The minimum absolute atomic E-state index is 0.884. The zero-order valence-corrected chi connectivity index (χ0v) is 11.6. The predicted octanol–water partition coefficient (Wildman–Crippen LogP) is 4.12. The molecule has 2 heteroatoms. The molecular weight excluding hydrogens is 246 g/mol. The van der Waals surface area contributed by atoms with Gasteiger partial charge in [0.1, 0.15) is 5.75 Å². The Bertz CT molecular complexity index is 836. The first kappa shape index (κ1) is 11.5. The summed E-state index contributed by atoms with van der Waals surface area (Å²) in [5.74, 6) is 0.884. The lowest BCUT2D eigenvalue weighted by atomic mass is 10.00. The summed E-state index contributed by atoms with van der Waals surface area (Å²) in [6.45, 7) is 2.11. The van der Waals surface area contributed by atoms with Gasteiger partial charge in [-0.15, -0.1) is 0 Å². The largest absolute Gasteiger partial charge is 0.497 e. The summed E-state index contributed by atoms with van der Waals surface area (Å²) < 4.78 is 5.37. The number of aromatic nitrogens is 1. The van der Waals surface area contributed by atoms with Gasteiger partial charge >= 0.3 is 0 Å². The normalized spacial score (nSPS) is 12.3. The first-order valence-corrected chi connectivity index (χ1v) is 6.83. The van der Waals surface area contributed by atoms with Crippen LogP contribution in [0.3, 0.4) is 0 Å². The fraction of sp³-hybridized carbons (Fsp3) is 0.167. The van der Waals surface area contributed by atoms with Crippen LogP contribution in [-0.2, 0) is 6.42 Å². The molecule has 0 aliphatic heterocycles. The average Bonchev–Trinajstić information content (AvgIpc) is 2.87. The number of fused-ring (bicyclic) bond motifs is 5. The number of hydrogen-bond donors (Lipinski definition) is 0. The second-order valence-corrected chi connectivity index (χ2v) is 5.27. The highest BCUT2D eigenvalue weighted by atomic mass is 16.5. The Labute approximate surface area is 118 Å². The second kappa shape index (κ2) is 4.07. The number of benzene rings is 2. The molecule has 0 atom stereocenters. The van der Waals surface area contributed by atoms with E-state index in [9.17, 15) is 0 Å². The van der Waals surface area contributed by atoms with Crippen LogP contribution in [0.25, 0.3) is 22.0 Å². The van der Waals surface area contributed by atoms with Crippen molar-refractivity contribution >= 4 is 10.9 Å². The fourth-order valence-electron chi connectivity index (χ4n) is 3.16. The SMILES string of the molecule is COc1ccc2nc(C)c3c(c2c1)-c1ccccc1C3. The van der Waals surface area contributed by atoms with Crippen molar-refractivity contribution in [3.05, 3.63) is 59.3 Å². The van der Waals surface area contributed by atoms with Gasteiger partial charge in [0.25, 0.3) is 0 Å². The quantitative estimate of drug-likeness (QED) is 0.514. The molecule has 2 nitrogen and oxygen atoms in total. The van der Waals surface area contributed by atoms with E-state index in [0.29, 0.717) is 0 Å². The van der Waals surface area contributed by atoms with Crippen LogP contribution >= 0.6 is 0 Å². The number of nitrogens with zero attached hydrogens (tertiary/aromatic N) is 1. The van der Waals surface area contributed by atoms with Crippen molar-refractivity contribution in [2.24, 2.45) is 0 Å². The van der Waals surface area contributed by atoms with E-state index < -0.39 is 0 Å². The monoisotopic (exact) mass is 261 g/mol. The van der Waals surface area contributed by atoms with E-state index in [-0.39, 0.29) is 0 Å². The fourth-order valence-corrected chi connectivity index (χ4v) is 3.16. The maximum absolute atomic E-state index is 5.37. The third kappa shape index (κ3) is 1.48. The van der Waals surface area contributed by atoms with E-state index in [2.05, 4.69) is 37.3 Å². The Morgan fingerprint density at radius 2 is 1.95 bits per heavy atom. The first-order chi connectivity index (χ1) is 9.78. The summed E-state index contributed by atoms with van der Waals surface area (Å²) in [6, 6.07) is 14.7. The van der Waals surface area contributed by atoms with Gasteiger partial charge in [0.15, 0.2) is 0 Å². The molecule has 1 heterocycles. The number of methoxy groups -OCH3 is 1. The molecule has 0 radical (unpaired) electrons.